The first-order chi connectivity index (χ1) is 12.8. The van der Waals surface area contributed by atoms with Gasteiger partial charge in [-0.05, 0) is 43.7 Å². The van der Waals surface area contributed by atoms with Crippen molar-refractivity contribution in [2.45, 2.75) is 45.6 Å². The molecule has 2 unspecified atom stereocenters. The lowest BCUT2D eigenvalue weighted by atomic mass is 9.90. The third kappa shape index (κ3) is 5.85. The zero-order valence-corrected chi connectivity index (χ0v) is 16.2. The maximum absolute atomic E-state index is 12.3. The van der Waals surface area contributed by atoms with Crippen molar-refractivity contribution in [3.63, 3.8) is 0 Å². The minimum atomic E-state index is -0.915. The molecule has 0 saturated heterocycles. The third-order valence-electron chi connectivity index (χ3n) is 4.99. The number of para-hydroxylation sites is 2. The lowest BCUT2D eigenvalue weighted by Gasteiger charge is -2.27. The average molecular weight is 368 g/mol. The first-order valence-electron chi connectivity index (χ1n) is 9.35. The van der Waals surface area contributed by atoms with Crippen LogP contribution in [0.2, 0.25) is 0 Å². The smallest absolute Gasteiger partial charge is 0.240 e. The molecule has 0 aromatic heterocycles. The summed E-state index contributed by atoms with van der Waals surface area (Å²) in [5.74, 6) is -0.0228. The van der Waals surface area contributed by atoms with E-state index in [9.17, 15) is 14.9 Å². The SMILES string of the molecule is CC(C)C(C)(C#N)NC(=O)CNc1ccccc1NC(=O)CC1C=CCC1. The molecule has 1 aliphatic carbocycles. The molecule has 6 nitrogen and oxygen atoms in total. The fourth-order valence-corrected chi connectivity index (χ4v) is 2.86. The Labute approximate surface area is 161 Å². The van der Waals surface area contributed by atoms with Crippen LogP contribution in [0.15, 0.2) is 36.4 Å². The summed E-state index contributed by atoms with van der Waals surface area (Å²) in [5, 5.41) is 18.0. The molecule has 0 radical (unpaired) electrons. The number of nitriles is 1. The van der Waals surface area contributed by atoms with Crippen LogP contribution in [-0.2, 0) is 9.59 Å². The standard InChI is InChI=1S/C21H28N4O2/c1-15(2)21(3,14-22)25-20(27)13-23-17-10-6-7-11-18(17)24-19(26)12-16-8-4-5-9-16/h4,6-8,10-11,15-16,23H,5,9,12-13H2,1-3H3,(H,24,26)(H,25,27). The summed E-state index contributed by atoms with van der Waals surface area (Å²) in [6.07, 6.45) is 6.71. The Morgan fingerprint density at radius 1 is 1.26 bits per heavy atom. The molecule has 2 atom stereocenters. The summed E-state index contributed by atoms with van der Waals surface area (Å²) in [5.41, 5.74) is 0.400. The van der Waals surface area contributed by atoms with Crippen molar-refractivity contribution in [1.82, 2.24) is 5.32 Å². The highest BCUT2D eigenvalue weighted by Gasteiger charge is 2.29. The van der Waals surface area contributed by atoms with E-state index in [1.165, 1.54) is 0 Å². The van der Waals surface area contributed by atoms with Crippen LogP contribution >= 0.6 is 0 Å². The van der Waals surface area contributed by atoms with E-state index in [1.807, 2.05) is 32.0 Å². The van der Waals surface area contributed by atoms with Crippen LogP contribution in [0.3, 0.4) is 0 Å². The molecule has 144 valence electrons. The predicted molar refractivity (Wildman–Crippen MR) is 107 cm³/mol. The lowest BCUT2D eigenvalue weighted by molar-refractivity contribution is -0.121. The van der Waals surface area contributed by atoms with Gasteiger partial charge in [0.25, 0.3) is 0 Å². The molecular formula is C21H28N4O2. The lowest BCUT2D eigenvalue weighted by Crippen LogP contribution is -2.50. The Balaban J connectivity index is 1.93. The van der Waals surface area contributed by atoms with E-state index in [0.29, 0.717) is 23.7 Å². The Morgan fingerprint density at radius 3 is 2.56 bits per heavy atom. The van der Waals surface area contributed by atoms with E-state index in [4.69, 9.17) is 0 Å². The zero-order valence-electron chi connectivity index (χ0n) is 16.2. The van der Waals surface area contributed by atoms with Crippen molar-refractivity contribution < 1.29 is 9.59 Å². The van der Waals surface area contributed by atoms with Crippen LogP contribution in [0, 0.1) is 23.2 Å². The van der Waals surface area contributed by atoms with Crippen LogP contribution in [0.5, 0.6) is 0 Å². The third-order valence-corrected chi connectivity index (χ3v) is 4.99. The normalized spacial score (nSPS) is 17.8. The molecule has 2 amide bonds. The van der Waals surface area contributed by atoms with Gasteiger partial charge in [-0.15, -0.1) is 0 Å². The Hall–Kier alpha value is -2.81. The number of rotatable bonds is 8. The highest BCUT2D eigenvalue weighted by molar-refractivity contribution is 5.95. The first kappa shape index (κ1) is 20.5. The van der Waals surface area contributed by atoms with Gasteiger partial charge in [-0.25, -0.2) is 0 Å². The number of amides is 2. The molecular weight excluding hydrogens is 340 g/mol. The molecule has 0 saturated carbocycles. The molecule has 6 heteroatoms. The molecule has 0 bridgehead atoms. The van der Waals surface area contributed by atoms with Crippen molar-refractivity contribution in [3.05, 3.63) is 36.4 Å². The monoisotopic (exact) mass is 368 g/mol. The van der Waals surface area contributed by atoms with Gasteiger partial charge in [0.2, 0.25) is 11.8 Å². The first-order valence-corrected chi connectivity index (χ1v) is 9.35. The summed E-state index contributed by atoms with van der Waals surface area (Å²) in [6, 6.07) is 9.44. The van der Waals surface area contributed by atoms with Crippen molar-refractivity contribution in [1.29, 1.82) is 5.26 Å². The van der Waals surface area contributed by atoms with Gasteiger partial charge in [0.1, 0.15) is 5.54 Å². The molecule has 0 aliphatic heterocycles. The average Bonchev–Trinajstić information content (AvgIpc) is 3.13. The molecule has 3 N–H and O–H groups in total. The van der Waals surface area contributed by atoms with Crippen LogP contribution in [-0.4, -0.2) is 23.9 Å². The van der Waals surface area contributed by atoms with E-state index in [2.05, 4.69) is 34.2 Å². The number of carbonyl (C=O) groups excluding carboxylic acids is 2. The van der Waals surface area contributed by atoms with Gasteiger partial charge in [0, 0.05) is 6.42 Å². The molecule has 27 heavy (non-hydrogen) atoms. The minimum Gasteiger partial charge on any atom is -0.374 e. The van der Waals surface area contributed by atoms with E-state index in [0.717, 1.165) is 12.8 Å². The van der Waals surface area contributed by atoms with Crippen molar-refractivity contribution in [2.75, 3.05) is 17.2 Å². The summed E-state index contributed by atoms with van der Waals surface area (Å²) in [7, 11) is 0. The number of anilines is 2. The van der Waals surface area contributed by atoms with Gasteiger partial charge in [0.15, 0.2) is 0 Å². The van der Waals surface area contributed by atoms with Gasteiger partial charge in [0.05, 0.1) is 24.0 Å². The second-order valence-electron chi connectivity index (χ2n) is 7.43. The van der Waals surface area contributed by atoms with Gasteiger partial charge >= 0.3 is 0 Å². The second kappa shape index (κ2) is 9.22. The van der Waals surface area contributed by atoms with Crippen LogP contribution in [0.25, 0.3) is 0 Å². The molecule has 1 aromatic carbocycles. The molecule has 1 aliphatic rings. The van der Waals surface area contributed by atoms with Crippen molar-refractivity contribution in [2.24, 2.45) is 11.8 Å². The van der Waals surface area contributed by atoms with Gasteiger partial charge in [-0.1, -0.05) is 38.1 Å². The zero-order chi connectivity index (χ0) is 19.9. The highest BCUT2D eigenvalue weighted by atomic mass is 16.2. The number of hydrogen-bond donors (Lipinski definition) is 3. The van der Waals surface area contributed by atoms with Crippen LogP contribution in [0.1, 0.15) is 40.0 Å². The summed E-state index contributed by atoms with van der Waals surface area (Å²) >= 11 is 0. The van der Waals surface area contributed by atoms with E-state index in [-0.39, 0.29) is 24.3 Å². The van der Waals surface area contributed by atoms with Gasteiger partial charge in [-0.3, -0.25) is 9.59 Å². The predicted octanol–water partition coefficient (Wildman–Crippen LogP) is 3.45. The number of nitrogens with one attached hydrogen (secondary N) is 3. The molecule has 2 rings (SSSR count). The van der Waals surface area contributed by atoms with E-state index < -0.39 is 5.54 Å². The number of nitrogens with zero attached hydrogens (tertiary/aromatic N) is 1. The molecule has 0 fully saturated rings. The largest absolute Gasteiger partial charge is 0.374 e. The van der Waals surface area contributed by atoms with Crippen molar-refractivity contribution in [3.8, 4) is 6.07 Å². The Morgan fingerprint density at radius 2 is 1.96 bits per heavy atom. The second-order valence-corrected chi connectivity index (χ2v) is 7.43. The number of allylic oxidation sites excluding steroid dienone is 2. The van der Waals surface area contributed by atoms with Crippen LogP contribution < -0.4 is 16.0 Å². The van der Waals surface area contributed by atoms with Gasteiger partial charge in [-0.2, -0.15) is 5.26 Å². The topological polar surface area (TPSA) is 94.0 Å². The van der Waals surface area contributed by atoms with Crippen molar-refractivity contribution >= 4 is 23.2 Å². The fourth-order valence-electron chi connectivity index (χ4n) is 2.86. The minimum absolute atomic E-state index is 0.0114. The maximum atomic E-state index is 12.3. The number of carbonyl (C=O) groups is 2. The summed E-state index contributed by atoms with van der Waals surface area (Å²) < 4.78 is 0. The number of hydrogen-bond acceptors (Lipinski definition) is 4. The number of benzene rings is 1. The summed E-state index contributed by atoms with van der Waals surface area (Å²) in [6.45, 7) is 5.51. The van der Waals surface area contributed by atoms with Gasteiger partial charge < -0.3 is 16.0 Å². The van der Waals surface area contributed by atoms with Crippen LogP contribution in [0.4, 0.5) is 11.4 Å². The highest BCUT2D eigenvalue weighted by Crippen LogP contribution is 2.24. The molecule has 0 heterocycles. The maximum Gasteiger partial charge on any atom is 0.240 e. The quantitative estimate of drug-likeness (QED) is 0.613. The van der Waals surface area contributed by atoms with E-state index in [1.54, 1.807) is 13.0 Å². The summed E-state index contributed by atoms with van der Waals surface area (Å²) in [4.78, 5) is 24.5. The van der Waals surface area contributed by atoms with E-state index >= 15 is 0 Å². The molecule has 0 spiro atoms. The fraction of sp³-hybridized carbons (Fsp3) is 0.476. The molecule has 1 aromatic rings. The Bertz CT molecular complexity index is 751. The Kier molecular flexibility index (Phi) is 7.00.